The molecule has 16 heavy (non-hydrogen) atoms. The average molecular weight is 230 g/mol. The summed E-state index contributed by atoms with van der Waals surface area (Å²) in [7, 11) is 3.09. The van der Waals surface area contributed by atoms with Crippen LogP contribution >= 0.6 is 0 Å². The van der Waals surface area contributed by atoms with Crippen molar-refractivity contribution in [2.75, 3.05) is 27.4 Å². The van der Waals surface area contributed by atoms with Crippen molar-refractivity contribution in [2.24, 2.45) is 0 Å². The van der Waals surface area contributed by atoms with Gasteiger partial charge in [0.2, 0.25) is 5.79 Å². The number of methoxy groups -OCH3 is 2. The van der Waals surface area contributed by atoms with Crippen LogP contribution in [-0.4, -0.2) is 56.1 Å². The lowest BCUT2D eigenvalue weighted by atomic mass is 9.79. The highest BCUT2D eigenvalue weighted by molar-refractivity contribution is 5.26. The number of rotatable bonds is 3. The van der Waals surface area contributed by atoms with Crippen molar-refractivity contribution >= 4 is 0 Å². The number of hydrogen-bond donors (Lipinski definition) is 1. The fourth-order valence-corrected chi connectivity index (χ4v) is 2.35. The maximum absolute atomic E-state index is 10.7. The van der Waals surface area contributed by atoms with Crippen LogP contribution in [0.5, 0.6) is 0 Å². The molecule has 92 valence electrons. The Morgan fingerprint density at radius 3 is 2.38 bits per heavy atom. The summed E-state index contributed by atoms with van der Waals surface area (Å²) in [6.07, 6.45) is -0.868. The maximum atomic E-state index is 10.7. The zero-order chi connectivity index (χ0) is 12.0. The molecule has 2 aliphatic heterocycles. The third-order valence-corrected chi connectivity index (χ3v) is 3.42. The Labute approximate surface area is 94.9 Å². The van der Waals surface area contributed by atoms with Crippen LogP contribution in [0.2, 0.25) is 0 Å². The monoisotopic (exact) mass is 230 g/mol. The van der Waals surface area contributed by atoms with Gasteiger partial charge in [-0.2, -0.15) is 0 Å². The summed E-state index contributed by atoms with van der Waals surface area (Å²) in [6, 6.07) is 0. The molecule has 1 spiro atoms. The van der Waals surface area contributed by atoms with Crippen LogP contribution in [-0.2, 0) is 18.9 Å². The molecule has 0 radical (unpaired) electrons. The van der Waals surface area contributed by atoms with Crippen molar-refractivity contribution in [1.29, 1.82) is 0 Å². The first-order valence-electron chi connectivity index (χ1n) is 5.23. The largest absolute Gasteiger partial charge is 0.377 e. The predicted octanol–water partition coefficient (Wildman–Crippen LogP) is 0.0803. The summed E-state index contributed by atoms with van der Waals surface area (Å²) in [4.78, 5) is 0. The molecule has 2 fully saturated rings. The molecule has 2 saturated heterocycles. The van der Waals surface area contributed by atoms with E-state index in [4.69, 9.17) is 18.9 Å². The second kappa shape index (κ2) is 3.78. The molecule has 0 aromatic carbocycles. The molecule has 2 aliphatic rings. The minimum atomic E-state index is -1.36. The van der Waals surface area contributed by atoms with Crippen LogP contribution in [0.25, 0.3) is 0 Å². The Morgan fingerprint density at radius 2 is 2.00 bits per heavy atom. The van der Waals surface area contributed by atoms with Crippen LogP contribution < -0.4 is 0 Å². The first kappa shape index (κ1) is 12.0. The van der Waals surface area contributed by atoms with E-state index < -0.39 is 17.5 Å². The number of aliphatic hydroxyl groups is 1. The minimum Gasteiger partial charge on any atom is -0.377 e. The van der Waals surface area contributed by atoms with E-state index >= 15 is 0 Å². The highest BCUT2D eigenvalue weighted by Gasteiger charge is 2.71. The SMILES string of the molecule is C=C(C)[C@@]1(O)[C@H](OC)[C@H](OC)COC12CO2. The number of epoxide rings is 1. The van der Waals surface area contributed by atoms with E-state index in [0.717, 1.165) is 0 Å². The fourth-order valence-electron chi connectivity index (χ4n) is 2.35. The summed E-state index contributed by atoms with van der Waals surface area (Å²) in [5.41, 5.74) is -0.806. The van der Waals surface area contributed by atoms with Gasteiger partial charge in [0, 0.05) is 14.2 Å². The molecule has 4 atom stereocenters. The molecule has 2 heterocycles. The van der Waals surface area contributed by atoms with Crippen LogP contribution in [0.1, 0.15) is 6.92 Å². The quantitative estimate of drug-likeness (QED) is 0.549. The van der Waals surface area contributed by atoms with Gasteiger partial charge in [-0.3, -0.25) is 0 Å². The van der Waals surface area contributed by atoms with Crippen LogP contribution in [0.4, 0.5) is 0 Å². The lowest BCUT2D eigenvalue weighted by molar-refractivity contribution is -0.277. The van der Waals surface area contributed by atoms with E-state index in [1.54, 1.807) is 14.0 Å². The lowest BCUT2D eigenvalue weighted by Crippen LogP contribution is -2.66. The van der Waals surface area contributed by atoms with Gasteiger partial charge >= 0.3 is 0 Å². The Kier molecular flexibility index (Phi) is 2.84. The smallest absolute Gasteiger partial charge is 0.228 e. The van der Waals surface area contributed by atoms with Crippen molar-refractivity contribution in [3.8, 4) is 0 Å². The van der Waals surface area contributed by atoms with Crippen molar-refractivity contribution in [3.63, 3.8) is 0 Å². The van der Waals surface area contributed by atoms with Gasteiger partial charge in [-0.05, 0) is 12.5 Å². The van der Waals surface area contributed by atoms with Gasteiger partial charge in [0.25, 0.3) is 0 Å². The fraction of sp³-hybridized carbons (Fsp3) is 0.818. The van der Waals surface area contributed by atoms with Crippen LogP contribution in [0, 0.1) is 0 Å². The predicted molar refractivity (Wildman–Crippen MR) is 56.0 cm³/mol. The van der Waals surface area contributed by atoms with Crippen LogP contribution in [0.3, 0.4) is 0 Å². The van der Waals surface area contributed by atoms with E-state index in [-0.39, 0.29) is 6.10 Å². The number of hydrogen-bond acceptors (Lipinski definition) is 5. The van der Waals surface area contributed by atoms with E-state index in [9.17, 15) is 5.11 Å². The van der Waals surface area contributed by atoms with E-state index in [1.165, 1.54) is 7.11 Å². The molecule has 5 nitrogen and oxygen atoms in total. The molecular weight excluding hydrogens is 212 g/mol. The first-order chi connectivity index (χ1) is 7.52. The Balaban J connectivity index is 2.35. The molecule has 0 aromatic rings. The second-order valence-electron chi connectivity index (χ2n) is 4.33. The molecule has 0 amide bonds. The van der Waals surface area contributed by atoms with Crippen molar-refractivity contribution < 1.29 is 24.1 Å². The maximum Gasteiger partial charge on any atom is 0.228 e. The third-order valence-electron chi connectivity index (χ3n) is 3.42. The van der Waals surface area contributed by atoms with Gasteiger partial charge in [0.05, 0.1) is 6.61 Å². The molecular formula is C11H18O5. The summed E-state index contributed by atoms with van der Waals surface area (Å²) in [5, 5.41) is 10.7. The van der Waals surface area contributed by atoms with Gasteiger partial charge in [-0.25, -0.2) is 0 Å². The van der Waals surface area contributed by atoms with Gasteiger partial charge in [0.15, 0.2) is 5.60 Å². The van der Waals surface area contributed by atoms with Crippen molar-refractivity contribution in [3.05, 3.63) is 12.2 Å². The minimum absolute atomic E-state index is 0.332. The van der Waals surface area contributed by atoms with Crippen molar-refractivity contribution in [1.82, 2.24) is 0 Å². The van der Waals surface area contributed by atoms with Gasteiger partial charge < -0.3 is 24.1 Å². The summed E-state index contributed by atoms with van der Waals surface area (Å²) >= 11 is 0. The van der Waals surface area contributed by atoms with E-state index in [1.807, 2.05) is 0 Å². The molecule has 0 aliphatic carbocycles. The van der Waals surface area contributed by atoms with Gasteiger partial charge in [0.1, 0.15) is 18.8 Å². The first-order valence-corrected chi connectivity index (χ1v) is 5.23. The molecule has 0 bridgehead atoms. The average Bonchev–Trinajstić information content (AvgIpc) is 3.03. The molecule has 0 saturated carbocycles. The van der Waals surface area contributed by atoms with Gasteiger partial charge in [-0.1, -0.05) is 6.58 Å². The second-order valence-corrected chi connectivity index (χ2v) is 4.33. The highest BCUT2D eigenvalue weighted by Crippen LogP contribution is 2.49. The zero-order valence-corrected chi connectivity index (χ0v) is 9.86. The Bertz CT molecular complexity index is 299. The van der Waals surface area contributed by atoms with E-state index in [2.05, 4.69) is 6.58 Å². The molecule has 2 rings (SSSR count). The summed E-state index contributed by atoms with van der Waals surface area (Å²) in [6.45, 7) is 6.23. The Hall–Kier alpha value is -0.460. The topological polar surface area (TPSA) is 60.5 Å². The summed E-state index contributed by atoms with van der Waals surface area (Å²) < 4.78 is 21.4. The standard InChI is InChI=1S/C11H18O5/c1-7(2)11(12)9(14-4)8(13-3)5-15-10(11)6-16-10/h8-9,12H,1,5-6H2,2-4H3/t8-,9-,10?,11-/m1/s1. The summed E-state index contributed by atoms with van der Waals surface area (Å²) in [5.74, 6) is -0.992. The molecule has 5 heteroatoms. The highest BCUT2D eigenvalue weighted by atomic mass is 16.8. The molecule has 1 unspecified atom stereocenters. The van der Waals surface area contributed by atoms with Gasteiger partial charge in [-0.15, -0.1) is 0 Å². The van der Waals surface area contributed by atoms with Crippen LogP contribution in [0.15, 0.2) is 12.2 Å². The molecule has 1 N–H and O–H groups in total. The zero-order valence-electron chi connectivity index (χ0n) is 9.86. The lowest BCUT2D eigenvalue weighted by Gasteiger charge is -2.46. The Morgan fingerprint density at radius 1 is 1.38 bits per heavy atom. The van der Waals surface area contributed by atoms with Crippen molar-refractivity contribution in [2.45, 2.75) is 30.5 Å². The van der Waals surface area contributed by atoms with E-state index in [0.29, 0.717) is 18.8 Å². The number of ether oxygens (including phenoxy) is 4. The molecule has 0 aromatic heterocycles. The third kappa shape index (κ3) is 1.36. The normalized spacial score (nSPS) is 47.0.